The van der Waals surface area contributed by atoms with Gasteiger partial charge in [0.25, 0.3) is 5.91 Å². The van der Waals surface area contributed by atoms with E-state index in [9.17, 15) is 4.79 Å². The second-order valence-electron chi connectivity index (χ2n) is 4.98. The number of nitrogens with one attached hydrogen (secondary N) is 1. The van der Waals surface area contributed by atoms with Crippen LogP contribution < -0.4 is 11.1 Å². The molecular formula is C15H16N4OS. The molecule has 1 amide bonds. The van der Waals surface area contributed by atoms with Crippen LogP contribution in [0.5, 0.6) is 0 Å². The lowest BCUT2D eigenvalue weighted by Gasteiger charge is -2.04. The van der Waals surface area contributed by atoms with E-state index in [1.165, 1.54) is 11.3 Å². The standard InChI is InChI=1S/C15H16N4OS/c1-9-3-4-10-11(7-9)21-14(13(10)16)15(20)18-8-12-17-5-6-19(12)2/h3-7H,8,16H2,1-2H3,(H,18,20). The molecular weight excluding hydrogens is 284 g/mol. The molecule has 0 saturated heterocycles. The summed E-state index contributed by atoms with van der Waals surface area (Å²) in [6, 6.07) is 6.01. The fourth-order valence-corrected chi connectivity index (χ4v) is 3.34. The first-order valence-corrected chi connectivity index (χ1v) is 7.41. The van der Waals surface area contributed by atoms with E-state index in [0.717, 1.165) is 21.5 Å². The molecule has 3 N–H and O–H groups in total. The number of rotatable bonds is 3. The van der Waals surface area contributed by atoms with Gasteiger partial charge in [0, 0.05) is 29.5 Å². The summed E-state index contributed by atoms with van der Waals surface area (Å²) in [6.07, 6.45) is 3.55. The maximum absolute atomic E-state index is 12.3. The number of hydrogen-bond donors (Lipinski definition) is 2. The Labute approximate surface area is 126 Å². The second kappa shape index (κ2) is 5.21. The predicted octanol–water partition coefficient (Wildman–Crippen LogP) is 2.46. The number of benzene rings is 1. The Morgan fingerprint density at radius 3 is 3.00 bits per heavy atom. The molecule has 108 valence electrons. The molecule has 0 spiro atoms. The third-order valence-corrected chi connectivity index (χ3v) is 4.59. The number of anilines is 1. The zero-order valence-corrected chi connectivity index (χ0v) is 12.7. The number of imidazole rings is 1. The fourth-order valence-electron chi connectivity index (χ4n) is 2.20. The van der Waals surface area contributed by atoms with Gasteiger partial charge in [-0.3, -0.25) is 4.79 Å². The van der Waals surface area contributed by atoms with Gasteiger partial charge in [-0.2, -0.15) is 0 Å². The highest BCUT2D eigenvalue weighted by Crippen LogP contribution is 2.34. The van der Waals surface area contributed by atoms with Crippen molar-refractivity contribution in [3.63, 3.8) is 0 Å². The lowest BCUT2D eigenvalue weighted by molar-refractivity contribution is 0.0954. The quantitative estimate of drug-likeness (QED) is 0.780. The molecule has 0 radical (unpaired) electrons. The van der Waals surface area contributed by atoms with Crippen molar-refractivity contribution in [1.82, 2.24) is 14.9 Å². The highest BCUT2D eigenvalue weighted by atomic mass is 32.1. The van der Waals surface area contributed by atoms with Crippen LogP contribution in [0.15, 0.2) is 30.6 Å². The van der Waals surface area contributed by atoms with Gasteiger partial charge in [-0.15, -0.1) is 11.3 Å². The number of nitrogens with two attached hydrogens (primary N) is 1. The van der Waals surface area contributed by atoms with Crippen molar-refractivity contribution in [1.29, 1.82) is 0 Å². The molecule has 0 saturated carbocycles. The first-order chi connectivity index (χ1) is 10.1. The Morgan fingerprint density at radius 2 is 2.29 bits per heavy atom. The van der Waals surface area contributed by atoms with Crippen LogP contribution >= 0.6 is 11.3 Å². The number of carbonyl (C=O) groups is 1. The highest BCUT2D eigenvalue weighted by molar-refractivity contribution is 7.21. The molecule has 0 atom stereocenters. The number of hydrogen-bond acceptors (Lipinski definition) is 4. The van der Waals surface area contributed by atoms with Gasteiger partial charge in [-0.1, -0.05) is 12.1 Å². The minimum atomic E-state index is -0.158. The van der Waals surface area contributed by atoms with E-state index in [1.54, 1.807) is 6.20 Å². The van der Waals surface area contributed by atoms with Crippen LogP contribution in [-0.4, -0.2) is 15.5 Å². The maximum Gasteiger partial charge on any atom is 0.263 e. The number of thiophene rings is 1. The van der Waals surface area contributed by atoms with E-state index in [2.05, 4.69) is 10.3 Å². The summed E-state index contributed by atoms with van der Waals surface area (Å²) < 4.78 is 2.91. The molecule has 6 heteroatoms. The summed E-state index contributed by atoms with van der Waals surface area (Å²) in [4.78, 5) is 17.0. The molecule has 0 aliphatic rings. The van der Waals surface area contributed by atoms with E-state index < -0.39 is 0 Å². The number of aromatic nitrogens is 2. The van der Waals surface area contributed by atoms with Crippen LogP contribution in [0.25, 0.3) is 10.1 Å². The minimum absolute atomic E-state index is 0.158. The van der Waals surface area contributed by atoms with Gasteiger partial charge < -0.3 is 15.6 Å². The van der Waals surface area contributed by atoms with Crippen molar-refractivity contribution in [3.8, 4) is 0 Å². The predicted molar refractivity (Wildman–Crippen MR) is 85.4 cm³/mol. The molecule has 0 fully saturated rings. The van der Waals surface area contributed by atoms with Crippen LogP contribution in [0.4, 0.5) is 5.69 Å². The Bertz CT molecular complexity index is 818. The third kappa shape index (κ3) is 2.50. The minimum Gasteiger partial charge on any atom is -0.397 e. The van der Waals surface area contributed by atoms with Crippen LogP contribution in [0, 0.1) is 6.92 Å². The lowest BCUT2D eigenvalue weighted by atomic mass is 10.1. The highest BCUT2D eigenvalue weighted by Gasteiger charge is 2.16. The summed E-state index contributed by atoms with van der Waals surface area (Å²) >= 11 is 1.42. The molecule has 3 rings (SSSR count). The first-order valence-electron chi connectivity index (χ1n) is 6.59. The number of carbonyl (C=O) groups excluding carboxylic acids is 1. The van der Waals surface area contributed by atoms with Gasteiger partial charge in [0.05, 0.1) is 12.2 Å². The van der Waals surface area contributed by atoms with Crippen molar-refractivity contribution in [2.75, 3.05) is 5.73 Å². The molecule has 0 aliphatic heterocycles. The average molecular weight is 300 g/mol. The molecule has 2 heterocycles. The van der Waals surface area contributed by atoms with Crippen molar-refractivity contribution >= 4 is 33.0 Å². The summed E-state index contributed by atoms with van der Waals surface area (Å²) in [6.45, 7) is 2.41. The number of nitrogen functional groups attached to an aromatic ring is 1. The van der Waals surface area contributed by atoms with Gasteiger partial charge in [0.1, 0.15) is 10.7 Å². The second-order valence-corrected chi connectivity index (χ2v) is 6.03. The number of amides is 1. The largest absolute Gasteiger partial charge is 0.397 e. The molecule has 21 heavy (non-hydrogen) atoms. The van der Waals surface area contributed by atoms with Crippen LogP contribution in [0.1, 0.15) is 21.1 Å². The molecule has 1 aromatic carbocycles. The van der Waals surface area contributed by atoms with E-state index in [4.69, 9.17) is 5.73 Å². The van der Waals surface area contributed by atoms with Crippen molar-refractivity contribution in [2.24, 2.45) is 7.05 Å². The van der Waals surface area contributed by atoms with E-state index in [1.807, 2.05) is 42.9 Å². The summed E-state index contributed by atoms with van der Waals surface area (Å²) in [7, 11) is 1.89. The van der Waals surface area contributed by atoms with Crippen molar-refractivity contribution in [3.05, 3.63) is 46.9 Å². The Morgan fingerprint density at radius 1 is 1.48 bits per heavy atom. The zero-order valence-electron chi connectivity index (χ0n) is 11.9. The number of nitrogens with zero attached hydrogens (tertiary/aromatic N) is 2. The fraction of sp³-hybridized carbons (Fsp3) is 0.200. The average Bonchev–Trinajstić information content (AvgIpc) is 3.00. The lowest BCUT2D eigenvalue weighted by Crippen LogP contribution is -2.24. The first kappa shape index (κ1) is 13.6. The molecule has 0 aliphatic carbocycles. The Balaban J connectivity index is 1.84. The zero-order chi connectivity index (χ0) is 15.0. The van der Waals surface area contributed by atoms with Crippen molar-refractivity contribution in [2.45, 2.75) is 13.5 Å². The van der Waals surface area contributed by atoms with Gasteiger partial charge in [-0.25, -0.2) is 4.98 Å². The van der Waals surface area contributed by atoms with E-state index in [-0.39, 0.29) is 5.91 Å². The Kier molecular flexibility index (Phi) is 3.39. The molecule has 0 unspecified atom stereocenters. The normalized spacial score (nSPS) is 11.0. The van der Waals surface area contributed by atoms with Crippen LogP contribution in [-0.2, 0) is 13.6 Å². The summed E-state index contributed by atoms with van der Waals surface area (Å²) in [5.41, 5.74) is 7.80. The van der Waals surface area contributed by atoms with Gasteiger partial charge >= 0.3 is 0 Å². The molecule has 0 bridgehead atoms. The topological polar surface area (TPSA) is 72.9 Å². The third-order valence-electron chi connectivity index (χ3n) is 3.42. The van der Waals surface area contributed by atoms with Crippen molar-refractivity contribution < 1.29 is 4.79 Å². The smallest absolute Gasteiger partial charge is 0.263 e. The maximum atomic E-state index is 12.3. The SMILES string of the molecule is Cc1ccc2c(N)c(C(=O)NCc3nccn3C)sc2c1. The monoisotopic (exact) mass is 300 g/mol. The van der Waals surface area contributed by atoms with Crippen LogP contribution in [0.2, 0.25) is 0 Å². The van der Waals surface area contributed by atoms with Crippen LogP contribution in [0.3, 0.4) is 0 Å². The van der Waals surface area contributed by atoms with Gasteiger partial charge in [-0.05, 0) is 18.6 Å². The molecule has 5 nitrogen and oxygen atoms in total. The molecule has 3 aromatic rings. The summed E-state index contributed by atoms with van der Waals surface area (Å²) in [5.74, 6) is 0.647. The number of aryl methyl sites for hydroxylation is 2. The summed E-state index contributed by atoms with van der Waals surface area (Å²) in [5, 5.41) is 3.80. The van der Waals surface area contributed by atoms with E-state index in [0.29, 0.717) is 17.1 Å². The van der Waals surface area contributed by atoms with Gasteiger partial charge in [0.2, 0.25) is 0 Å². The Hall–Kier alpha value is -2.34. The van der Waals surface area contributed by atoms with E-state index >= 15 is 0 Å². The van der Waals surface area contributed by atoms with Gasteiger partial charge in [0.15, 0.2) is 0 Å². The number of fused-ring (bicyclic) bond motifs is 1. The molecule has 2 aromatic heterocycles.